The number of hydrogen-bond acceptors (Lipinski definition) is 5. The largest absolute Gasteiger partial charge is 0.469 e. The maximum absolute atomic E-state index is 12.5. The van der Waals surface area contributed by atoms with Gasteiger partial charge in [-0.1, -0.05) is 37.3 Å². The average molecular weight is 350 g/mol. The molecular formula is C18H20ClNO4. The molecule has 1 aromatic heterocycles. The zero-order chi connectivity index (χ0) is 17.9. The molecule has 1 aliphatic rings. The quantitative estimate of drug-likeness (QED) is 0.616. The van der Waals surface area contributed by atoms with Crippen LogP contribution in [0.3, 0.4) is 0 Å². The van der Waals surface area contributed by atoms with Crippen LogP contribution in [0.15, 0.2) is 37.1 Å². The van der Waals surface area contributed by atoms with Crippen LogP contribution >= 0.6 is 11.6 Å². The summed E-state index contributed by atoms with van der Waals surface area (Å²) in [4.78, 5) is 28.9. The number of ether oxygens (including phenoxy) is 2. The fraction of sp³-hybridized carbons (Fsp3) is 0.389. The predicted molar refractivity (Wildman–Crippen MR) is 91.2 cm³/mol. The summed E-state index contributed by atoms with van der Waals surface area (Å²) in [5.41, 5.74) is 0.307. The molecule has 0 fully saturated rings. The molecule has 128 valence electrons. The molecule has 6 heteroatoms. The van der Waals surface area contributed by atoms with Gasteiger partial charge < -0.3 is 9.47 Å². The van der Waals surface area contributed by atoms with E-state index in [1.807, 2.05) is 19.1 Å². The molecule has 0 aromatic carbocycles. The van der Waals surface area contributed by atoms with Crippen LogP contribution in [0.1, 0.15) is 19.0 Å². The van der Waals surface area contributed by atoms with Gasteiger partial charge in [-0.05, 0) is 24.1 Å². The van der Waals surface area contributed by atoms with Crippen molar-refractivity contribution >= 4 is 29.1 Å². The van der Waals surface area contributed by atoms with Crippen LogP contribution < -0.4 is 0 Å². The molecule has 1 aromatic rings. The normalized spacial score (nSPS) is 25.8. The maximum Gasteiger partial charge on any atom is 0.310 e. The minimum atomic E-state index is -0.845. The number of allylic oxidation sites excluding steroid dienone is 3. The van der Waals surface area contributed by atoms with Crippen molar-refractivity contribution in [2.24, 2.45) is 17.3 Å². The van der Waals surface area contributed by atoms with E-state index in [-0.39, 0.29) is 0 Å². The average Bonchev–Trinajstić information content (AvgIpc) is 2.59. The van der Waals surface area contributed by atoms with Gasteiger partial charge in [0.15, 0.2) is 0 Å². The monoisotopic (exact) mass is 349 g/mol. The topological polar surface area (TPSA) is 65.5 Å². The molecule has 2 rings (SSSR count). The molecule has 0 amide bonds. The Morgan fingerprint density at radius 1 is 1.33 bits per heavy atom. The van der Waals surface area contributed by atoms with E-state index in [0.717, 1.165) is 0 Å². The van der Waals surface area contributed by atoms with Crippen LogP contribution in [0.25, 0.3) is 5.57 Å². The third-order valence-electron chi connectivity index (χ3n) is 4.54. The Morgan fingerprint density at radius 2 is 2.00 bits per heavy atom. The molecule has 0 radical (unpaired) electrons. The van der Waals surface area contributed by atoms with Gasteiger partial charge in [-0.15, -0.1) is 0 Å². The van der Waals surface area contributed by atoms with E-state index in [2.05, 4.69) is 11.6 Å². The third kappa shape index (κ3) is 3.22. The summed E-state index contributed by atoms with van der Waals surface area (Å²) in [5, 5.41) is 0.517. The van der Waals surface area contributed by atoms with Gasteiger partial charge in [0, 0.05) is 16.6 Å². The van der Waals surface area contributed by atoms with Gasteiger partial charge in [-0.25, -0.2) is 0 Å². The van der Waals surface area contributed by atoms with Crippen molar-refractivity contribution in [3.8, 4) is 0 Å². The summed E-state index contributed by atoms with van der Waals surface area (Å²) in [6, 6.07) is 3.34. The number of methoxy groups -OCH3 is 2. The molecular weight excluding hydrogens is 330 g/mol. The lowest BCUT2D eigenvalue weighted by molar-refractivity contribution is -0.160. The Morgan fingerprint density at radius 3 is 2.58 bits per heavy atom. The number of aromatic nitrogens is 1. The maximum atomic E-state index is 12.5. The van der Waals surface area contributed by atoms with Crippen molar-refractivity contribution in [3.63, 3.8) is 0 Å². The summed E-state index contributed by atoms with van der Waals surface area (Å²) >= 11 is 6.04. The first-order valence-corrected chi connectivity index (χ1v) is 7.87. The molecule has 0 unspecified atom stereocenters. The molecule has 0 N–H and O–H groups in total. The molecule has 0 spiro atoms. The SMILES string of the molecule is C=C(c1cc(Cl)ccn1)[C@@]1(C)C=CC[C@@H](C(=O)OC)[C@@H]1C(=O)OC. The van der Waals surface area contributed by atoms with Crippen LogP contribution in [0.2, 0.25) is 5.02 Å². The van der Waals surface area contributed by atoms with Crippen LogP contribution in [0.4, 0.5) is 0 Å². The number of hydrogen-bond donors (Lipinski definition) is 0. The molecule has 0 aliphatic heterocycles. The fourth-order valence-electron chi connectivity index (χ4n) is 3.17. The van der Waals surface area contributed by atoms with Crippen molar-refractivity contribution < 1.29 is 19.1 Å². The van der Waals surface area contributed by atoms with Gasteiger partial charge in [0.2, 0.25) is 0 Å². The Bertz CT molecular complexity index is 700. The van der Waals surface area contributed by atoms with Crippen molar-refractivity contribution in [1.82, 2.24) is 4.98 Å². The number of carbonyl (C=O) groups excluding carboxylic acids is 2. The van der Waals surface area contributed by atoms with Gasteiger partial charge in [-0.2, -0.15) is 0 Å². The Kier molecular flexibility index (Phi) is 5.44. The van der Waals surface area contributed by atoms with E-state index < -0.39 is 29.2 Å². The zero-order valence-corrected chi connectivity index (χ0v) is 14.7. The molecule has 5 nitrogen and oxygen atoms in total. The first-order chi connectivity index (χ1) is 11.3. The smallest absolute Gasteiger partial charge is 0.310 e. The van der Waals surface area contributed by atoms with Gasteiger partial charge in [0.1, 0.15) is 0 Å². The predicted octanol–water partition coefficient (Wildman–Crippen LogP) is 3.29. The first-order valence-electron chi connectivity index (χ1n) is 7.49. The fourth-order valence-corrected chi connectivity index (χ4v) is 3.33. The summed E-state index contributed by atoms with van der Waals surface area (Å²) in [7, 11) is 2.61. The Labute approximate surface area is 146 Å². The number of esters is 2. The zero-order valence-electron chi connectivity index (χ0n) is 13.9. The highest BCUT2D eigenvalue weighted by Crippen LogP contribution is 2.49. The number of rotatable bonds is 4. The third-order valence-corrected chi connectivity index (χ3v) is 4.78. The highest BCUT2D eigenvalue weighted by molar-refractivity contribution is 6.30. The van der Waals surface area contributed by atoms with Gasteiger partial charge in [0.05, 0.1) is 31.7 Å². The van der Waals surface area contributed by atoms with Crippen LogP contribution in [-0.4, -0.2) is 31.1 Å². The van der Waals surface area contributed by atoms with Crippen LogP contribution in [0, 0.1) is 17.3 Å². The van der Waals surface area contributed by atoms with Crippen molar-refractivity contribution in [2.45, 2.75) is 13.3 Å². The second-order valence-electron chi connectivity index (χ2n) is 5.89. The summed E-state index contributed by atoms with van der Waals surface area (Å²) in [6.45, 7) is 5.95. The molecule has 0 bridgehead atoms. The number of nitrogens with zero attached hydrogens (tertiary/aromatic N) is 1. The van der Waals surface area contributed by atoms with Gasteiger partial charge in [-0.3, -0.25) is 14.6 Å². The number of halogens is 1. The van der Waals surface area contributed by atoms with E-state index >= 15 is 0 Å². The Hall–Kier alpha value is -2.14. The van der Waals surface area contributed by atoms with E-state index in [4.69, 9.17) is 21.1 Å². The molecule has 1 aliphatic carbocycles. The van der Waals surface area contributed by atoms with E-state index in [1.165, 1.54) is 14.2 Å². The van der Waals surface area contributed by atoms with Crippen LogP contribution in [0.5, 0.6) is 0 Å². The van der Waals surface area contributed by atoms with Gasteiger partial charge in [0.25, 0.3) is 0 Å². The Balaban J connectivity index is 2.52. The number of carbonyl (C=O) groups is 2. The molecule has 3 atom stereocenters. The highest BCUT2D eigenvalue weighted by Gasteiger charge is 2.50. The molecule has 0 saturated heterocycles. The first kappa shape index (κ1) is 18.2. The van der Waals surface area contributed by atoms with E-state index in [9.17, 15) is 9.59 Å². The standard InChI is InChI=1S/C18H20ClNO4/c1-11(14-10-12(19)7-9-20-14)18(2)8-5-6-13(16(21)23-3)15(18)17(22)24-4/h5,7-10,13,15H,1,6H2,2-4H3/t13-,15-,18-/m1/s1. The van der Waals surface area contributed by atoms with Crippen molar-refractivity contribution in [3.05, 3.63) is 47.8 Å². The highest BCUT2D eigenvalue weighted by atomic mass is 35.5. The molecule has 1 heterocycles. The number of pyridine rings is 1. The minimum Gasteiger partial charge on any atom is -0.469 e. The lowest BCUT2D eigenvalue weighted by atomic mass is 9.62. The van der Waals surface area contributed by atoms with E-state index in [1.54, 1.807) is 18.3 Å². The van der Waals surface area contributed by atoms with Crippen molar-refractivity contribution in [1.29, 1.82) is 0 Å². The lowest BCUT2D eigenvalue weighted by Gasteiger charge is -2.41. The van der Waals surface area contributed by atoms with Crippen LogP contribution in [-0.2, 0) is 19.1 Å². The minimum absolute atomic E-state index is 0.401. The second-order valence-corrected chi connectivity index (χ2v) is 6.33. The summed E-state index contributed by atoms with van der Waals surface area (Å²) in [5.74, 6) is -2.34. The lowest BCUT2D eigenvalue weighted by Crippen LogP contribution is -2.44. The summed E-state index contributed by atoms with van der Waals surface area (Å²) in [6.07, 6.45) is 5.71. The molecule has 24 heavy (non-hydrogen) atoms. The molecule has 0 saturated carbocycles. The second kappa shape index (κ2) is 7.18. The summed E-state index contributed by atoms with van der Waals surface area (Å²) < 4.78 is 9.82. The van der Waals surface area contributed by atoms with Gasteiger partial charge >= 0.3 is 11.9 Å². The van der Waals surface area contributed by atoms with Crippen molar-refractivity contribution in [2.75, 3.05) is 14.2 Å². The van der Waals surface area contributed by atoms with E-state index in [0.29, 0.717) is 22.7 Å².